The van der Waals surface area contributed by atoms with Crippen molar-refractivity contribution in [1.82, 2.24) is 25.3 Å². The Labute approximate surface area is 163 Å². The van der Waals surface area contributed by atoms with Crippen molar-refractivity contribution in [3.63, 3.8) is 0 Å². The normalized spacial score (nSPS) is 18.1. The highest BCUT2D eigenvalue weighted by Crippen LogP contribution is 2.26. The summed E-state index contributed by atoms with van der Waals surface area (Å²) in [6, 6.07) is 2.83. The van der Waals surface area contributed by atoms with E-state index >= 15 is 0 Å². The van der Waals surface area contributed by atoms with Gasteiger partial charge in [-0.2, -0.15) is 13.9 Å². The minimum atomic E-state index is -2.85. The molecule has 28 heavy (non-hydrogen) atoms. The Morgan fingerprint density at radius 3 is 2.79 bits per heavy atom. The van der Waals surface area contributed by atoms with Gasteiger partial charge in [-0.05, 0) is 30.7 Å². The van der Waals surface area contributed by atoms with Crippen LogP contribution in [0, 0.1) is 5.82 Å². The Balaban J connectivity index is 1.92. The van der Waals surface area contributed by atoms with Gasteiger partial charge in [0.1, 0.15) is 17.9 Å². The fourth-order valence-corrected chi connectivity index (χ4v) is 3.09. The second kappa shape index (κ2) is 8.09. The molecule has 1 aromatic heterocycles. The van der Waals surface area contributed by atoms with Gasteiger partial charge < -0.3 is 15.5 Å². The number of rotatable bonds is 4. The van der Waals surface area contributed by atoms with Crippen LogP contribution >= 0.6 is 11.6 Å². The summed E-state index contributed by atoms with van der Waals surface area (Å²) in [5, 5.41) is 8.92. The lowest BCUT2D eigenvalue weighted by Gasteiger charge is -2.34. The zero-order chi connectivity index (χ0) is 20.4. The molecule has 3 amide bonds. The molecule has 1 saturated heterocycles. The fourth-order valence-electron chi connectivity index (χ4n) is 2.90. The van der Waals surface area contributed by atoms with Crippen LogP contribution in [0.25, 0.3) is 0 Å². The van der Waals surface area contributed by atoms with Crippen molar-refractivity contribution in [2.24, 2.45) is 0 Å². The first-order chi connectivity index (χ1) is 13.3. The van der Waals surface area contributed by atoms with Crippen molar-refractivity contribution < 1.29 is 22.8 Å². The average Bonchev–Trinajstić information content (AvgIpc) is 3.14. The number of alkyl halides is 2. The molecule has 11 heteroatoms. The van der Waals surface area contributed by atoms with Crippen molar-refractivity contribution in [2.45, 2.75) is 25.6 Å². The highest BCUT2D eigenvalue weighted by atomic mass is 35.5. The molecular weight excluding hydrogens is 399 g/mol. The van der Waals surface area contributed by atoms with Gasteiger partial charge in [-0.3, -0.25) is 4.79 Å². The lowest BCUT2D eigenvalue weighted by atomic mass is 10.0. The predicted octanol–water partition coefficient (Wildman–Crippen LogP) is 2.69. The van der Waals surface area contributed by atoms with Crippen molar-refractivity contribution in [3.8, 4) is 0 Å². The van der Waals surface area contributed by atoms with E-state index in [-0.39, 0.29) is 23.2 Å². The topological polar surface area (TPSA) is 79.3 Å². The second-order valence-electron chi connectivity index (χ2n) is 6.21. The lowest BCUT2D eigenvalue weighted by molar-refractivity contribution is -0.126. The van der Waals surface area contributed by atoms with Crippen LogP contribution in [0.3, 0.4) is 0 Å². The van der Waals surface area contributed by atoms with Crippen LogP contribution in [-0.4, -0.2) is 45.8 Å². The Bertz CT molecular complexity index is 891. The smallest absolute Gasteiger partial charge is 0.333 e. The number of urea groups is 1. The molecule has 2 N–H and O–H groups in total. The third-order valence-corrected chi connectivity index (χ3v) is 4.72. The Morgan fingerprint density at radius 2 is 2.14 bits per heavy atom. The number of amides is 3. The van der Waals surface area contributed by atoms with Crippen LogP contribution in [0.1, 0.15) is 30.8 Å². The molecule has 1 aliphatic rings. The van der Waals surface area contributed by atoms with E-state index in [4.69, 9.17) is 11.6 Å². The Hall–Kier alpha value is -2.75. The van der Waals surface area contributed by atoms with Crippen LogP contribution < -0.4 is 10.6 Å². The molecule has 0 radical (unpaired) electrons. The molecule has 0 spiro atoms. The highest BCUT2D eigenvalue weighted by molar-refractivity contribution is 6.30. The standard InChI is InChI=1S/C17H17ClF3N5O2/c1-9-15(27)22-5-7-25(9)17(28)23-14(10-2-3-12(19)11(18)8-10)13-4-6-26(24-13)16(20)21/h2-4,6,8-9,14,16H,5,7H2,1H3,(H,22,27)(H,23,28)/t9-,14+/m1/s1. The van der Waals surface area contributed by atoms with Crippen LogP contribution in [0.5, 0.6) is 0 Å². The van der Waals surface area contributed by atoms with Gasteiger partial charge in [0, 0.05) is 19.3 Å². The number of carbonyl (C=O) groups is 2. The van der Waals surface area contributed by atoms with Crippen LogP contribution in [-0.2, 0) is 4.79 Å². The first-order valence-electron chi connectivity index (χ1n) is 8.41. The summed E-state index contributed by atoms with van der Waals surface area (Å²) >= 11 is 5.83. The first kappa shape index (κ1) is 20.0. The van der Waals surface area contributed by atoms with E-state index in [0.717, 1.165) is 12.3 Å². The molecular formula is C17H17ClF3N5O2. The number of piperazine rings is 1. The summed E-state index contributed by atoms with van der Waals surface area (Å²) in [5.41, 5.74) is 0.471. The predicted molar refractivity (Wildman–Crippen MR) is 94.4 cm³/mol. The minimum Gasteiger partial charge on any atom is -0.353 e. The number of hydrogen-bond donors (Lipinski definition) is 2. The zero-order valence-electron chi connectivity index (χ0n) is 14.7. The maximum absolute atomic E-state index is 13.5. The molecule has 150 valence electrons. The van der Waals surface area contributed by atoms with E-state index in [9.17, 15) is 22.8 Å². The van der Waals surface area contributed by atoms with Crippen LogP contribution in [0.2, 0.25) is 5.02 Å². The Kier molecular flexibility index (Phi) is 5.78. The van der Waals surface area contributed by atoms with Gasteiger partial charge in [0.05, 0.1) is 10.7 Å². The molecule has 1 aromatic carbocycles. The van der Waals surface area contributed by atoms with E-state index < -0.39 is 30.5 Å². The Morgan fingerprint density at radius 1 is 1.39 bits per heavy atom. The molecule has 2 aromatic rings. The molecule has 1 aliphatic heterocycles. The number of halogens is 4. The number of nitrogens with zero attached hydrogens (tertiary/aromatic N) is 3. The van der Waals surface area contributed by atoms with Crippen molar-refractivity contribution in [3.05, 3.63) is 52.6 Å². The number of benzene rings is 1. The summed E-state index contributed by atoms with van der Waals surface area (Å²) in [5.74, 6) is -0.959. The van der Waals surface area contributed by atoms with Crippen molar-refractivity contribution >= 4 is 23.5 Å². The summed E-state index contributed by atoms with van der Waals surface area (Å²) in [7, 11) is 0. The summed E-state index contributed by atoms with van der Waals surface area (Å²) in [4.78, 5) is 25.9. The number of carbonyl (C=O) groups excluding carboxylic acids is 2. The second-order valence-corrected chi connectivity index (χ2v) is 6.62. The molecule has 0 bridgehead atoms. The molecule has 0 unspecified atom stereocenters. The van der Waals surface area contributed by atoms with Gasteiger partial charge in [0.15, 0.2) is 0 Å². The largest absolute Gasteiger partial charge is 0.353 e. The third kappa shape index (κ3) is 4.06. The summed E-state index contributed by atoms with van der Waals surface area (Å²) in [6.07, 6.45) is 1.07. The zero-order valence-corrected chi connectivity index (χ0v) is 15.5. The van der Waals surface area contributed by atoms with Gasteiger partial charge in [-0.15, -0.1) is 0 Å². The maximum Gasteiger partial charge on any atom is 0.333 e. The maximum atomic E-state index is 13.5. The van der Waals surface area contributed by atoms with Crippen molar-refractivity contribution in [2.75, 3.05) is 13.1 Å². The molecule has 0 saturated carbocycles. The van der Waals surface area contributed by atoms with Gasteiger partial charge >= 0.3 is 12.6 Å². The third-order valence-electron chi connectivity index (χ3n) is 4.43. The lowest BCUT2D eigenvalue weighted by Crippen LogP contribution is -2.58. The van der Waals surface area contributed by atoms with E-state index in [0.29, 0.717) is 16.8 Å². The monoisotopic (exact) mass is 415 g/mol. The van der Waals surface area contributed by atoms with E-state index in [1.807, 2.05) is 0 Å². The molecule has 0 aliphatic carbocycles. The quantitative estimate of drug-likeness (QED) is 0.805. The SMILES string of the molecule is C[C@@H]1C(=O)NCCN1C(=O)N[C@@H](c1ccc(F)c(Cl)c1)c1ccn(C(F)F)n1. The fraction of sp³-hybridized carbons (Fsp3) is 0.353. The van der Waals surface area contributed by atoms with Crippen LogP contribution in [0.15, 0.2) is 30.5 Å². The van der Waals surface area contributed by atoms with Crippen LogP contribution in [0.4, 0.5) is 18.0 Å². The van der Waals surface area contributed by atoms with Gasteiger partial charge in [0.25, 0.3) is 0 Å². The summed E-state index contributed by atoms with van der Waals surface area (Å²) < 4.78 is 39.8. The van der Waals surface area contributed by atoms with Gasteiger partial charge in [0.2, 0.25) is 5.91 Å². The molecule has 2 atom stereocenters. The first-order valence-corrected chi connectivity index (χ1v) is 8.78. The average molecular weight is 416 g/mol. The highest BCUT2D eigenvalue weighted by Gasteiger charge is 2.31. The number of hydrogen-bond acceptors (Lipinski definition) is 3. The van der Waals surface area contributed by atoms with E-state index in [1.165, 1.54) is 23.1 Å². The van der Waals surface area contributed by atoms with E-state index in [2.05, 4.69) is 15.7 Å². The van der Waals surface area contributed by atoms with E-state index in [1.54, 1.807) is 6.92 Å². The molecule has 2 heterocycles. The molecule has 7 nitrogen and oxygen atoms in total. The number of aromatic nitrogens is 2. The number of nitrogens with one attached hydrogen (secondary N) is 2. The van der Waals surface area contributed by atoms with Crippen molar-refractivity contribution in [1.29, 1.82) is 0 Å². The van der Waals surface area contributed by atoms with Gasteiger partial charge in [-0.1, -0.05) is 17.7 Å². The summed E-state index contributed by atoms with van der Waals surface area (Å²) in [6.45, 7) is -0.707. The molecule has 3 rings (SSSR count). The van der Waals surface area contributed by atoms with Gasteiger partial charge in [-0.25, -0.2) is 13.9 Å². The molecule has 1 fully saturated rings. The minimum absolute atomic E-state index is 0.116.